The third kappa shape index (κ3) is 3.44. The van der Waals surface area contributed by atoms with Crippen molar-refractivity contribution < 1.29 is 0 Å². The smallest absolute Gasteiger partial charge is 0.0948 e. The second-order valence-corrected chi connectivity index (χ2v) is 5.77. The minimum absolute atomic E-state index is 0.522. The summed E-state index contributed by atoms with van der Waals surface area (Å²) in [7, 11) is 0. The number of hydrogen-bond acceptors (Lipinski definition) is 2. The second-order valence-electron chi connectivity index (χ2n) is 4.15. The fraction of sp³-hybridized carbons (Fsp3) is 0.308. The van der Waals surface area contributed by atoms with E-state index >= 15 is 0 Å². The largest absolute Gasteiger partial charge is 0.378 e. The zero-order valence-electron chi connectivity index (χ0n) is 10.5. The summed E-state index contributed by atoms with van der Waals surface area (Å²) >= 11 is 15.6. The number of nitrogens with one attached hydrogen (secondary N) is 1. The average Bonchev–Trinajstić information content (AvgIpc) is 2.83. The molecule has 0 fully saturated rings. The van der Waals surface area contributed by atoms with Gasteiger partial charge in [-0.2, -0.15) is 0 Å². The third-order valence-electron chi connectivity index (χ3n) is 2.76. The Bertz CT molecular complexity index is 569. The second kappa shape index (κ2) is 6.64. The maximum Gasteiger partial charge on any atom is 0.0948 e. The number of hydrogen-bond donors (Lipinski definition) is 1. The van der Waals surface area contributed by atoms with Gasteiger partial charge in [-0.25, -0.2) is 4.98 Å². The van der Waals surface area contributed by atoms with E-state index in [1.807, 2.05) is 24.7 Å². The van der Waals surface area contributed by atoms with Gasteiger partial charge < -0.3 is 9.88 Å². The van der Waals surface area contributed by atoms with Gasteiger partial charge in [0.05, 0.1) is 34.3 Å². The number of rotatable bonds is 5. The molecule has 0 atom stereocenters. The zero-order valence-corrected chi connectivity index (χ0v) is 13.6. The lowest BCUT2D eigenvalue weighted by molar-refractivity contribution is 0.651. The van der Waals surface area contributed by atoms with Crippen LogP contribution < -0.4 is 5.32 Å². The molecule has 1 heterocycles. The summed E-state index contributed by atoms with van der Waals surface area (Å²) in [5, 5.41) is 4.33. The molecule has 1 aromatic carbocycles. The molecule has 2 aromatic rings. The molecule has 0 unspecified atom stereocenters. The van der Waals surface area contributed by atoms with Crippen LogP contribution in [0.4, 0.5) is 5.69 Å². The van der Waals surface area contributed by atoms with Crippen LogP contribution in [-0.2, 0) is 13.1 Å². The van der Waals surface area contributed by atoms with Gasteiger partial charge in [0.15, 0.2) is 0 Å². The van der Waals surface area contributed by atoms with E-state index in [2.05, 4.69) is 37.7 Å². The predicted octanol–water partition coefficient (Wildman–Crippen LogP) is 4.97. The first-order chi connectivity index (χ1) is 9.13. The Morgan fingerprint density at radius 1 is 1.32 bits per heavy atom. The molecule has 0 aliphatic rings. The molecule has 6 heteroatoms. The first-order valence-electron chi connectivity index (χ1n) is 5.99. The lowest BCUT2D eigenvalue weighted by Crippen LogP contribution is -2.07. The maximum atomic E-state index is 6.19. The lowest BCUT2D eigenvalue weighted by Gasteiger charge is -2.11. The molecule has 2 rings (SSSR count). The SMILES string of the molecule is CCCn1cncc1CNc1ccc(Br)c(Cl)c1Cl. The number of aryl methyl sites for hydroxylation is 1. The van der Waals surface area contributed by atoms with Gasteiger partial charge in [-0.3, -0.25) is 0 Å². The van der Waals surface area contributed by atoms with E-state index < -0.39 is 0 Å². The van der Waals surface area contributed by atoms with Crippen LogP contribution in [0.15, 0.2) is 29.1 Å². The van der Waals surface area contributed by atoms with Crippen LogP contribution in [0.1, 0.15) is 19.0 Å². The van der Waals surface area contributed by atoms with Gasteiger partial charge >= 0.3 is 0 Å². The van der Waals surface area contributed by atoms with Crippen molar-refractivity contribution in [3.05, 3.63) is 44.9 Å². The zero-order chi connectivity index (χ0) is 13.8. The molecule has 0 aliphatic carbocycles. The van der Waals surface area contributed by atoms with Crippen molar-refractivity contribution in [3.8, 4) is 0 Å². The number of benzene rings is 1. The highest BCUT2D eigenvalue weighted by Crippen LogP contribution is 2.35. The molecule has 1 aromatic heterocycles. The molecule has 3 nitrogen and oxygen atoms in total. The molecule has 19 heavy (non-hydrogen) atoms. The van der Waals surface area contributed by atoms with Crippen molar-refractivity contribution >= 4 is 44.8 Å². The average molecular weight is 363 g/mol. The lowest BCUT2D eigenvalue weighted by atomic mass is 10.3. The fourth-order valence-corrected chi connectivity index (χ4v) is 2.63. The molecule has 0 radical (unpaired) electrons. The highest BCUT2D eigenvalue weighted by molar-refractivity contribution is 9.10. The van der Waals surface area contributed by atoms with Crippen molar-refractivity contribution in [2.45, 2.75) is 26.4 Å². The van der Waals surface area contributed by atoms with Gasteiger partial charge in [-0.15, -0.1) is 0 Å². The molecule has 0 spiro atoms. The van der Waals surface area contributed by atoms with Crippen molar-refractivity contribution in [1.29, 1.82) is 0 Å². The van der Waals surface area contributed by atoms with E-state index in [-0.39, 0.29) is 0 Å². The number of anilines is 1. The van der Waals surface area contributed by atoms with Gasteiger partial charge in [0.25, 0.3) is 0 Å². The van der Waals surface area contributed by atoms with Crippen LogP contribution in [0.25, 0.3) is 0 Å². The van der Waals surface area contributed by atoms with Gasteiger partial charge in [-0.1, -0.05) is 30.1 Å². The Kier molecular flexibility index (Phi) is 5.13. The van der Waals surface area contributed by atoms with Gasteiger partial charge in [-0.05, 0) is 34.5 Å². The normalized spacial score (nSPS) is 10.7. The number of imidazole rings is 1. The standard InChI is InChI=1S/C13H14BrCl2N3/c1-2-5-19-8-17-6-9(19)7-18-11-4-3-10(14)12(15)13(11)16/h3-4,6,8,18H,2,5,7H2,1H3. The van der Waals surface area contributed by atoms with Crippen LogP contribution in [-0.4, -0.2) is 9.55 Å². The van der Waals surface area contributed by atoms with Gasteiger partial charge in [0.2, 0.25) is 0 Å². The number of aromatic nitrogens is 2. The Hall–Kier alpha value is -0.710. The molecular weight excluding hydrogens is 349 g/mol. The summed E-state index contributed by atoms with van der Waals surface area (Å²) in [6.45, 7) is 3.77. The first-order valence-corrected chi connectivity index (χ1v) is 7.54. The molecular formula is C13H14BrCl2N3. The predicted molar refractivity (Wildman–Crippen MR) is 84.0 cm³/mol. The number of halogens is 3. The summed E-state index contributed by atoms with van der Waals surface area (Å²) in [4.78, 5) is 4.16. The van der Waals surface area contributed by atoms with Crippen molar-refractivity contribution in [1.82, 2.24) is 9.55 Å². The van der Waals surface area contributed by atoms with E-state index in [4.69, 9.17) is 23.2 Å². The summed E-state index contributed by atoms with van der Waals surface area (Å²) in [6, 6.07) is 3.78. The summed E-state index contributed by atoms with van der Waals surface area (Å²) in [5.74, 6) is 0. The third-order valence-corrected chi connectivity index (χ3v) is 4.53. The monoisotopic (exact) mass is 361 g/mol. The topological polar surface area (TPSA) is 29.9 Å². The molecule has 0 aliphatic heterocycles. The molecule has 102 valence electrons. The molecule has 0 bridgehead atoms. The van der Waals surface area contributed by atoms with Crippen molar-refractivity contribution in [2.24, 2.45) is 0 Å². The Morgan fingerprint density at radius 2 is 2.11 bits per heavy atom. The minimum atomic E-state index is 0.522. The van der Waals surface area contributed by atoms with E-state index in [1.54, 1.807) is 0 Å². The summed E-state index contributed by atoms with van der Waals surface area (Å²) in [6.07, 6.45) is 4.78. The Morgan fingerprint density at radius 3 is 2.84 bits per heavy atom. The number of nitrogens with zero attached hydrogens (tertiary/aromatic N) is 2. The van der Waals surface area contributed by atoms with Crippen molar-refractivity contribution in [2.75, 3.05) is 5.32 Å². The first kappa shape index (κ1) is 14.7. The van der Waals surface area contributed by atoms with Gasteiger partial charge in [0, 0.05) is 17.2 Å². The molecule has 1 N–H and O–H groups in total. The van der Waals surface area contributed by atoms with E-state index in [0.717, 1.165) is 28.8 Å². The van der Waals surface area contributed by atoms with Gasteiger partial charge in [0.1, 0.15) is 0 Å². The van der Waals surface area contributed by atoms with E-state index in [9.17, 15) is 0 Å². The molecule has 0 amide bonds. The van der Waals surface area contributed by atoms with E-state index in [1.165, 1.54) is 0 Å². The van der Waals surface area contributed by atoms with Crippen molar-refractivity contribution in [3.63, 3.8) is 0 Å². The van der Waals surface area contributed by atoms with Crippen LogP contribution in [0, 0.1) is 0 Å². The highest BCUT2D eigenvalue weighted by atomic mass is 79.9. The summed E-state index contributed by atoms with van der Waals surface area (Å²) < 4.78 is 2.92. The molecule has 0 saturated carbocycles. The highest BCUT2D eigenvalue weighted by Gasteiger charge is 2.09. The Labute approximate surface area is 131 Å². The fourth-order valence-electron chi connectivity index (χ4n) is 1.79. The van der Waals surface area contributed by atoms with Crippen LogP contribution in [0.5, 0.6) is 0 Å². The van der Waals surface area contributed by atoms with Crippen LogP contribution >= 0.6 is 39.1 Å². The Balaban J connectivity index is 2.10. The van der Waals surface area contributed by atoms with E-state index in [0.29, 0.717) is 16.6 Å². The summed E-state index contributed by atoms with van der Waals surface area (Å²) in [5.41, 5.74) is 1.94. The minimum Gasteiger partial charge on any atom is -0.378 e. The van der Waals surface area contributed by atoms with Crippen LogP contribution in [0.2, 0.25) is 10.0 Å². The maximum absolute atomic E-state index is 6.19. The quantitative estimate of drug-likeness (QED) is 0.760. The van der Waals surface area contributed by atoms with Crippen LogP contribution in [0.3, 0.4) is 0 Å². The molecule has 0 saturated heterocycles.